The summed E-state index contributed by atoms with van der Waals surface area (Å²) in [4.78, 5) is 23.8. The minimum absolute atomic E-state index is 0.179. The molecular weight excluding hydrogens is 240 g/mol. The van der Waals surface area contributed by atoms with Gasteiger partial charge < -0.3 is 4.74 Å². The molecule has 19 heavy (non-hydrogen) atoms. The van der Waals surface area contributed by atoms with E-state index in [1.54, 1.807) is 39.8 Å². The molecule has 0 amide bonds. The molecule has 1 aromatic rings. The number of rotatable bonds is 3. The van der Waals surface area contributed by atoms with Gasteiger partial charge in [0.15, 0.2) is 5.78 Å². The van der Waals surface area contributed by atoms with Gasteiger partial charge in [-0.15, -0.1) is 0 Å². The number of ether oxygens (including phenoxy) is 1. The number of esters is 1. The quantitative estimate of drug-likeness (QED) is 0.475. The van der Waals surface area contributed by atoms with E-state index in [-0.39, 0.29) is 5.78 Å². The summed E-state index contributed by atoms with van der Waals surface area (Å²) in [7, 11) is 0. The lowest BCUT2D eigenvalue weighted by Crippen LogP contribution is -2.24. The molecular formula is C16H20O3. The van der Waals surface area contributed by atoms with Gasteiger partial charge in [-0.25, -0.2) is 4.79 Å². The summed E-state index contributed by atoms with van der Waals surface area (Å²) >= 11 is 0. The molecule has 0 spiro atoms. The highest BCUT2D eigenvalue weighted by Crippen LogP contribution is 2.13. The molecule has 0 aliphatic carbocycles. The Balaban J connectivity index is 2.88. The number of aryl methyl sites for hydroxylation is 1. The van der Waals surface area contributed by atoms with Crippen LogP contribution in [0, 0.1) is 6.92 Å². The van der Waals surface area contributed by atoms with Gasteiger partial charge in [-0.3, -0.25) is 4.79 Å². The molecule has 0 atom stereocenters. The lowest BCUT2D eigenvalue weighted by Gasteiger charge is -2.19. The van der Waals surface area contributed by atoms with E-state index in [1.165, 1.54) is 6.08 Å². The van der Waals surface area contributed by atoms with E-state index in [9.17, 15) is 9.59 Å². The van der Waals surface area contributed by atoms with Crippen molar-refractivity contribution >= 4 is 11.8 Å². The molecule has 0 aliphatic heterocycles. The van der Waals surface area contributed by atoms with Gasteiger partial charge in [0, 0.05) is 11.1 Å². The zero-order valence-corrected chi connectivity index (χ0v) is 12.1. The van der Waals surface area contributed by atoms with Crippen LogP contribution in [0.2, 0.25) is 0 Å². The van der Waals surface area contributed by atoms with Crippen LogP contribution in [0.1, 0.15) is 43.6 Å². The first kappa shape index (κ1) is 15.2. The highest BCUT2D eigenvalue weighted by Gasteiger charge is 2.18. The third-order valence-corrected chi connectivity index (χ3v) is 2.48. The fourth-order valence-electron chi connectivity index (χ4n) is 1.54. The van der Waals surface area contributed by atoms with Crippen LogP contribution in [0.15, 0.2) is 35.9 Å². The van der Waals surface area contributed by atoms with Crippen molar-refractivity contribution in [3.63, 3.8) is 0 Å². The molecule has 102 valence electrons. The maximum Gasteiger partial charge on any atom is 0.334 e. The molecule has 1 rings (SSSR count). The topological polar surface area (TPSA) is 43.4 Å². The normalized spacial score (nSPS) is 12.2. The predicted octanol–water partition coefficient (Wildman–Crippen LogP) is 3.47. The minimum Gasteiger partial charge on any atom is -0.457 e. The second-order valence-corrected chi connectivity index (χ2v) is 5.51. The molecule has 0 radical (unpaired) electrons. The van der Waals surface area contributed by atoms with Crippen molar-refractivity contribution in [3.05, 3.63) is 47.0 Å². The highest BCUT2D eigenvalue weighted by molar-refractivity contribution is 6.09. The Morgan fingerprint density at radius 3 is 2.26 bits per heavy atom. The van der Waals surface area contributed by atoms with Crippen molar-refractivity contribution in [2.75, 3.05) is 0 Å². The average molecular weight is 260 g/mol. The van der Waals surface area contributed by atoms with Crippen molar-refractivity contribution in [3.8, 4) is 0 Å². The molecule has 0 aromatic heterocycles. The lowest BCUT2D eigenvalue weighted by atomic mass is 10.0. The standard InChI is InChI=1S/C16H20O3/c1-11-8-6-7-9-13(11)14(17)10-12(2)15(18)19-16(3,4)5/h6-10H,1-5H3/b12-10+. The Morgan fingerprint density at radius 2 is 1.74 bits per heavy atom. The first-order chi connectivity index (χ1) is 8.70. The maximum atomic E-state index is 12.1. The van der Waals surface area contributed by atoms with Gasteiger partial charge in [-0.05, 0) is 46.3 Å². The third-order valence-electron chi connectivity index (χ3n) is 2.48. The van der Waals surface area contributed by atoms with Gasteiger partial charge in [0.05, 0.1) is 0 Å². The van der Waals surface area contributed by atoms with Gasteiger partial charge in [-0.2, -0.15) is 0 Å². The van der Waals surface area contributed by atoms with E-state index in [2.05, 4.69) is 0 Å². The number of hydrogen-bond acceptors (Lipinski definition) is 3. The highest BCUT2D eigenvalue weighted by atomic mass is 16.6. The van der Waals surface area contributed by atoms with Gasteiger partial charge in [0.2, 0.25) is 0 Å². The second kappa shape index (κ2) is 5.83. The second-order valence-electron chi connectivity index (χ2n) is 5.51. The van der Waals surface area contributed by atoms with E-state index < -0.39 is 11.6 Å². The largest absolute Gasteiger partial charge is 0.457 e. The molecule has 0 N–H and O–H groups in total. The molecule has 0 heterocycles. The Bertz CT molecular complexity index is 519. The van der Waals surface area contributed by atoms with Crippen LogP contribution in [-0.2, 0) is 9.53 Å². The Hall–Kier alpha value is -1.90. The van der Waals surface area contributed by atoms with Crippen molar-refractivity contribution in [1.82, 2.24) is 0 Å². The summed E-state index contributed by atoms with van der Waals surface area (Å²) in [5.74, 6) is -0.643. The molecule has 3 nitrogen and oxygen atoms in total. The first-order valence-corrected chi connectivity index (χ1v) is 6.22. The first-order valence-electron chi connectivity index (χ1n) is 6.22. The summed E-state index contributed by atoms with van der Waals surface area (Å²) in [6.07, 6.45) is 1.33. The molecule has 1 aromatic carbocycles. The summed E-state index contributed by atoms with van der Waals surface area (Å²) in [6, 6.07) is 7.29. The van der Waals surface area contributed by atoms with Gasteiger partial charge in [0.25, 0.3) is 0 Å². The Labute approximate surface area is 114 Å². The van der Waals surface area contributed by atoms with Crippen molar-refractivity contribution in [1.29, 1.82) is 0 Å². The monoisotopic (exact) mass is 260 g/mol. The minimum atomic E-state index is -0.558. The summed E-state index contributed by atoms with van der Waals surface area (Å²) < 4.78 is 5.21. The average Bonchev–Trinajstić information content (AvgIpc) is 2.27. The van der Waals surface area contributed by atoms with Gasteiger partial charge in [-0.1, -0.05) is 24.3 Å². The summed E-state index contributed by atoms with van der Waals surface area (Å²) in [5.41, 5.74) is 1.24. The zero-order chi connectivity index (χ0) is 14.6. The summed E-state index contributed by atoms with van der Waals surface area (Å²) in [5, 5.41) is 0. The van der Waals surface area contributed by atoms with Crippen LogP contribution in [-0.4, -0.2) is 17.4 Å². The molecule has 3 heteroatoms. The van der Waals surface area contributed by atoms with Crippen LogP contribution < -0.4 is 0 Å². The SMILES string of the molecule is C/C(=C\C(=O)c1ccccc1C)C(=O)OC(C)(C)C. The third kappa shape index (κ3) is 4.70. The fourth-order valence-corrected chi connectivity index (χ4v) is 1.54. The molecule has 0 fully saturated rings. The number of carbonyl (C=O) groups is 2. The molecule has 0 saturated heterocycles. The van der Waals surface area contributed by atoms with Crippen molar-refractivity contribution in [2.24, 2.45) is 0 Å². The Kier molecular flexibility index (Phi) is 4.65. The number of allylic oxidation sites excluding steroid dienone is 1. The predicted molar refractivity (Wildman–Crippen MR) is 75.1 cm³/mol. The van der Waals surface area contributed by atoms with Crippen LogP contribution >= 0.6 is 0 Å². The van der Waals surface area contributed by atoms with E-state index in [1.807, 2.05) is 19.1 Å². The van der Waals surface area contributed by atoms with Crippen LogP contribution in [0.25, 0.3) is 0 Å². The Morgan fingerprint density at radius 1 is 1.16 bits per heavy atom. The zero-order valence-electron chi connectivity index (χ0n) is 12.1. The van der Waals surface area contributed by atoms with Crippen molar-refractivity contribution in [2.45, 2.75) is 40.2 Å². The maximum absolute atomic E-state index is 12.1. The van der Waals surface area contributed by atoms with E-state index >= 15 is 0 Å². The number of benzene rings is 1. The van der Waals surface area contributed by atoms with Crippen LogP contribution in [0.3, 0.4) is 0 Å². The molecule has 0 aliphatic rings. The van der Waals surface area contributed by atoms with Crippen LogP contribution in [0.5, 0.6) is 0 Å². The van der Waals surface area contributed by atoms with Crippen molar-refractivity contribution < 1.29 is 14.3 Å². The lowest BCUT2D eigenvalue weighted by molar-refractivity contribution is -0.149. The number of hydrogen-bond donors (Lipinski definition) is 0. The summed E-state index contributed by atoms with van der Waals surface area (Å²) in [6.45, 7) is 8.83. The fraction of sp³-hybridized carbons (Fsp3) is 0.375. The van der Waals surface area contributed by atoms with Crippen LogP contribution in [0.4, 0.5) is 0 Å². The van der Waals surface area contributed by atoms with E-state index in [0.29, 0.717) is 11.1 Å². The smallest absolute Gasteiger partial charge is 0.334 e. The number of ketones is 1. The van der Waals surface area contributed by atoms with E-state index in [4.69, 9.17) is 4.74 Å². The van der Waals surface area contributed by atoms with Gasteiger partial charge >= 0.3 is 5.97 Å². The molecule has 0 saturated carbocycles. The molecule has 0 unspecified atom stereocenters. The van der Waals surface area contributed by atoms with Gasteiger partial charge in [0.1, 0.15) is 5.60 Å². The van der Waals surface area contributed by atoms with E-state index in [0.717, 1.165) is 5.56 Å². The molecule has 0 bridgehead atoms. The number of carbonyl (C=O) groups excluding carboxylic acids is 2.